The molecule has 1 heterocycles. The van der Waals surface area contributed by atoms with Crippen LogP contribution in [0.3, 0.4) is 0 Å². The van der Waals surface area contributed by atoms with Crippen LogP contribution in [-0.4, -0.2) is 27.2 Å². The van der Waals surface area contributed by atoms with Gasteiger partial charge in [0.15, 0.2) is 0 Å². The van der Waals surface area contributed by atoms with Gasteiger partial charge < -0.3 is 0 Å². The van der Waals surface area contributed by atoms with Crippen LogP contribution < -0.4 is 4.72 Å². The van der Waals surface area contributed by atoms with Crippen molar-refractivity contribution in [2.45, 2.75) is 49.2 Å². The van der Waals surface area contributed by atoms with Crippen molar-refractivity contribution in [2.75, 3.05) is 0 Å². The van der Waals surface area contributed by atoms with Crippen LogP contribution in [0.2, 0.25) is 0 Å². The molecule has 0 aliphatic carbocycles. The highest BCUT2D eigenvalue weighted by atomic mass is 32.2. The quantitative estimate of drug-likeness (QED) is 0.473. The van der Waals surface area contributed by atoms with Gasteiger partial charge in [-0.2, -0.15) is 4.31 Å². The van der Waals surface area contributed by atoms with Gasteiger partial charge in [-0.3, -0.25) is 0 Å². The van der Waals surface area contributed by atoms with Crippen LogP contribution in [0, 0.1) is 0 Å². The standard InChI is InChI=1S/C22H26N2O4S3/c1-3-18(2)23-30(25,26)21-11-13-22(14-12-21)31(27,28)24(17-20-10-7-15-29-20)16-19-8-5-4-6-9-19/h4-15,18,23H,3,16-17H2,1-2H3/t18-/m1/s1. The van der Waals surface area contributed by atoms with Crippen molar-refractivity contribution in [3.8, 4) is 0 Å². The van der Waals surface area contributed by atoms with Crippen molar-refractivity contribution in [3.05, 3.63) is 82.6 Å². The van der Waals surface area contributed by atoms with Crippen LogP contribution in [0.5, 0.6) is 0 Å². The third-order valence-corrected chi connectivity index (χ3v) is 9.13. The number of rotatable bonds is 10. The molecular weight excluding hydrogens is 452 g/mol. The summed E-state index contributed by atoms with van der Waals surface area (Å²) < 4.78 is 55.8. The van der Waals surface area contributed by atoms with Crippen molar-refractivity contribution in [1.29, 1.82) is 0 Å². The molecule has 0 unspecified atom stereocenters. The number of hydrogen-bond donors (Lipinski definition) is 1. The molecule has 0 radical (unpaired) electrons. The Morgan fingerprint density at radius 3 is 2.10 bits per heavy atom. The average Bonchev–Trinajstić information content (AvgIpc) is 3.27. The maximum atomic E-state index is 13.4. The molecule has 1 N–H and O–H groups in total. The van der Waals surface area contributed by atoms with Gasteiger partial charge in [0.2, 0.25) is 20.0 Å². The number of nitrogens with zero attached hydrogens (tertiary/aromatic N) is 1. The van der Waals surface area contributed by atoms with E-state index in [0.29, 0.717) is 6.42 Å². The van der Waals surface area contributed by atoms with Crippen LogP contribution in [0.15, 0.2) is 81.9 Å². The molecule has 2 aromatic carbocycles. The Kier molecular flexibility index (Phi) is 7.66. The molecule has 1 atom stereocenters. The average molecular weight is 479 g/mol. The number of sulfonamides is 2. The minimum Gasteiger partial charge on any atom is -0.208 e. The van der Waals surface area contributed by atoms with Gasteiger partial charge in [-0.1, -0.05) is 43.3 Å². The number of benzene rings is 2. The Labute approximate surface area is 188 Å². The molecule has 0 bridgehead atoms. The zero-order valence-corrected chi connectivity index (χ0v) is 19.9. The molecule has 0 saturated carbocycles. The molecule has 0 saturated heterocycles. The molecule has 9 heteroatoms. The Morgan fingerprint density at radius 1 is 0.871 bits per heavy atom. The van der Waals surface area contributed by atoms with Crippen molar-refractivity contribution in [3.63, 3.8) is 0 Å². The molecule has 0 aliphatic rings. The van der Waals surface area contributed by atoms with E-state index in [1.807, 2.05) is 54.8 Å². The molecule has 0 fully saturated rings. The first-order valence-corrected chi connectivity index (χ1v) is 13.7. The lowest BCUT2D eigenvalue weighted by Crippen LogP contribution is -2.32. The van der Waals surface area contributed by atoms with Gasteiger partial charge in [-0.15, -0.1) is 11.3 Å². The maximum Gasteiger partial charge on any atom is 0.243 e. The van der Waals surface area contributed by atoms with Crippen molar-refractivity contribution in [1.82, 2.24) is 9.03 Å². The second kappa shape index (κ2) is 10.1. The van der Waals surface area contributed by atoms with Crippen LogP contribution in [0.1, 0.15) is 30.7 Å². The lowest BCUT2D eigenvalue weighted by atomic mass is 10.2. The van der Waals surface area contributed by atoms with Gasteiger partial charge >= 0.3 is 0 Å². The molecular formula is C22H26N2O4S3. The zero-order chi connectivity index (χ0) is 22.5. The van der Waals surface area contributed by atoms with E-state index in [1.54, 1.807) is 6.92 Å². The molecule has 166 valence electrons. The zero-order valence-electron chi connectivity index (χ0n) is 17.4. The largest absolute Gasteiger partial charge is 0.243 e. The summed E-state index contributed by atoms with van der Waals surface area (Å²) in [6, 6.07) is 18.3. The SMILES string of the molecule is CC[C@@H](C)NS(=O)(=O)c1ccc(S(=O)(=O)N(Cc2ccccc2)Cc2cccs2)cc1. The van der Waals surface area contributed by atoms with Gasteiger partial charge in [-0.25, -0.2) is 21.6 Å². The third-order valence-electron chi connectivity index (χ3n) is 4.85. The fourth-order valence-corrected chi connectivity index (χ4v) is 6.48. The Balaban J connectivity index is 1.90. The lowest BCUT2D eigenvalue weighted by molar-refractivity contribution is 0.404. The van der Waals surface area contributed by atoms with E-state index < -0.39 is 20.0 Å². The highest BCUT2D eigenvalue weighted by molar-refractivity contribution is 7.89. The smallest absolute Gasteiger partial charge is 0.208 e. The summed E-state index contributed by atoms with van der Waals surface area (Å²) in [7, 11) is -7.54. The molecule has 1 aromatic heterocycles. The highest BCUT2D eigenvalue weighted by Gasteiger charge is 2.26. The molecule has 0 aliphatic heterocycles. The first-order chi connectivity index (χ1) is 14.7. The second-order valence-corrected chi connectivity index (χ2v) is 11.9. The first kappa shape index (κ1) is 23.6. The normalized spacial score (nSPS) is 13.4. The predicted molar refractivity (Wildman–Crippen MR) is 124 cm³/mol. The minimum atomic E-state index is -3.84. The van der Waals surface area contributed by atoms with E-state index in [0.717, 1.165) is 10.4 Å². The minimum absolute atomic E-state index is 0.0413. The Bertz CT molecular complexity index is 1180. The van der Waals surface area contributed by atoms with Crippen LogP contribution in [0.4, 0.5) is 0 Å². The second-order valence-electron chi connectivity index (χ2n) is 7.24. The van der Waals surface area contributed by atoms with Crippen LogP contribution in [-0.2, 0) is 33.1 Å². The van der Waals surface area contributed by atoms with Gasteiger partial charge in [0.05, 0.1) is 9.79 Å². The summed E-state index contributed by atoms with van der Waals surface area (Å²) in [4.78, 5) is 1.03. The van der Waals surface area contributed by atoms with E-state index in [2.05, 4.69) is 4.72 Å². The topological polar surface area (TPSA) is 83.5 Å². The number of hydrogen-bond acceptors (Lipinski definition) is 5. The van der Waals surface area contributed by atoms with E-state index in [9.17, 15) is 16.8 Å². The van der Waals surface area contributed by atoms with E-state index in [4.69, 9.17) is 0 Å². The fraction of sp³-hybridized carbons (Fsp3) is 0.273. The predicted octanol–water partition coefficient (Wildman–Crippen LogP) is 4.22. The lowest BCUT2D eigenvalue weighted by Gasteiger charge is -2.22. The van der Waals surface area contributed by atoms with Crippen LogP contribution in [0.25, 0.3) is 0 Å². The van der Waals surface area contributed by atoms with E-state index in [1.165, 1.54) is 39.9 Å². The summed E-state index contributed by atoms with van der Waals surface area (Å²) in [5.41, 5.74) is 0.875. The Morgan fingerprint density at radius 2 is 1.52 bits per heavy atom. The monoisotopic (exact) mass is 478 g/mol. The molecule has 31 heavy (non-hydrogen) atoms. The molecule has 3 rings (SSSR count). The van der Waals surface area contributed by atoms with Gasteiger partial charge in [0.1, 0.15) is 0 Å². The van der Waals surface area contributed by atoms with Crippen molar-refractivity contribution >= 4 is 31.4 Å². The maximum absolute atomic E-state index is 13.4. The van der Waals surface area contributed by atoms with Crippen molar-refractivity contribution < 1.29 is 16.8 Å². The summed E-state index contributed by atoms with van der Waals surface area (Å²) in [6.07, 6.45) is 0.656. The highest BCUT2D eigenvalue weighted by Crippen LogP contribution is 2.24. The summed E-state index contributed by atoms with van der Waals surface area (Å²) in [6.45, 7) is 4.13. The summed E-state index contributed by atoms with van der Waals surface area (Å²) >= 11 is 1.49. The van der Waals surface area contributed by atoms with Gasteiger partial charge in [0.25, 0.3) is 0 Å². The number of thiophene rings is 1. The van der Waals surface area contributed by atoms with Crippen LogP contribution >= 0.6 is 11.3 Å². The summed E-state index contributed by atoms with van der Waals surface area (Å²) in [5.74, 6) is 0. The molecule has 3 aromatic rings. The van der Waals surface area contributed by atoms with Crippen molar-refractivity contribution in [2.24, 2.45) is 0 Å². The Hall–Kier alpha value is -2.04. The third kappa shape index (κ3) is 6.02. The van der Waals surface area contributed by atoms with E-state index in [-0.39, 0.29) is 28.9 Å². The summed E-state index contributed by atoms with van der Waals surface area (Å²) in [5, 5.41) is 1.91. The fourth-order valence-electron chi connectivity index (χ4n) is 2.95. The molecule has 0 amide bonds. The van der Waals surface area contributed by atoms with Gasteiger partial charge in [-0.05, 0) is 54.6 Å². The van der Waals surface area contributed by atoms with E-state index >= 15 is 0 Å². The number of nitrogens with one attached hydrogen (secondary N) is 1. The molecule has 0 spiro atoms. The first-order valence-electron chi connectivity index (χ1n) is 9.91. The van der Waals surface area contributed by atoms with Gasteiger partial charge in [0, 0.05) is 24.0 Å². The molecule has 6 nitrogen and oxygen atoms in total.